The number of terminal acetylenes is 1. The molecule has 1 aromatic rings. The topological polar surface area (TPSA) is 12.0 Å². The van der Waals surface area contributed by atoms with Gasteiger partial charge in [-0.1, -0.05) is 29.3 Å². The van der Waals surface area contributed by atoms with Crippen LogP contribution in [0.5, 0.6) is 0 Å². The fraction of sp³-hybridized carbons (Fsp3) is 0.385. The lowest BCUT2D eigenvalue weighted by atomic mass is 10.1. The Bertz CT molecular complexity index is 395. The molecule has 0 aliphatic heterocycles. The first-order valence-electron chi connectivity index (χ1n) is 5.19. The smallest absolute Gasteiger partial charge is 0.0595 e. The Hall–Kier alpha value is -0.680. The summed E-state index contributed by atoms with van der Waals surface area (Å²) in [6.07, 6.45) is 5.97. The molecule has 0 aliphatic rings. The quantitative estimate of drug-likeness (QED) is 0.801. The Balaban J connectivity index is 2.70. The molecule has 86 valence electrons. The van der Waals surface area contributed by atoms with E-state index in [-0.39, 0.29) is 12.1 Å². The van der Waals surface area contributed by atoms with Gasteiger partial charge >= 0.3 is 0 Å². The minimum Gasteiger partial charge on any atom is -0.307 e. The summed E-state index contributed by atoms with van der Waals surface area (Å²) in [7, 11) is 0. The number of hydrogen-bond donors (Lipinski definition) is 1. The molecule has 0 aliphatic carbocycles. The predicted molar refractivity (Wildman–Crippen MR) is 70.9 cm³/mol. The van der Waals surface area contributed by atoms with Gasteiger partial charge in [0.15, 0.2) is 0 Å². The lowest BCUT2D eigenvalue weighted by Crippen LogP contribution is -2.28. The van der Waals surface area contributed by atoms with Gasteiger partial charge in [-0.25, -0.2) is 0 Å². The molecule has 0 saturated heterocycles. The number of benzene rings is 1. The standard InChI is InChI=1S/C13H15Cl2N/c1-4-5-9(2)16-10(3)11-6-7-12(14)13(15)8-11/h1,6-10,16H,5H2,2-3H3. The van der Waals surface area contributed by atoms with E-state index >= 15 is 0 Å². The molecule has 0 bridgehead atoms. The van der Waals surface area contributed by atoms with Gasteiger partial charge in [-0.15, -0.1) is 12.3 Å². The minimum atomic E-state index is 0.207. The Morgan fingerprint density at radius 2 is 2.00 bits per heavy atom. The molecule has 1 N–H and O–H groups in total. The molecular formula is C13H15Cl2N. The zero-order valence-corrected chi connectivity index (χ0v) is 10.9. The zero-order valence-electron chi connectivity index (χ0n) is 9.43. The van der Waals surface area contributed by atoms with Crippen LogP contribution in [0.1, 0.15) is 31.9 Å². The molecular weight excluding hydrogens is 241 g/mol. The molecule has 2 unspecified atom stereocenters. The SMILES string of the molecule is C#CCC(C)NC(C)c1ccc(Cl)c(Cl)c1. The Morgan fingerprint density at radius 3 is 2.56 bits per heavy atom. The maximum atomic E-state index is 5.96. The molecule has 0 heterocycles. The molecule has 0 amide bonds. The van der Waals surface area contributed by atoms with Crippen molar-refractivity contribution in [3.8, 4) is 12.3 Å². The van der Waals surface area contributed by atoms with Crippen LogP contribution in [-0.2, 0) is 0 Å². The fourth-order valence-corrected chi connectivity index (χ4v) is 1.85. The highest BCUT2D eigenvalue weighted by Gasteiger charge is 2.09. The summed E-state index contributed by atoms with van der Waals surface area (Å²) in [5.74, 6) is 2.64. The summed E-state index contributed by atoms with van der Waals surface area (Å²) in [4.78, 5) is 0. The van der Waals surface area contributed by atoms with Crippen molar-refractivity contribution < 1.29 is 0 Å². The van der Waals surface area contributed by atoms with Crippen LogP contribution in [0.3, 0.4) is 0 Å². The number of hydrogen-bond acceptors (Lipinski definition) is 1. The normalized spacial score (nSPS) is 14.2. The highest BCUT2D eigenvalue weighted by Crippen LogP contribution is 2.25. The predicted octanol–water partition coefficient (Wildman–Crippen LogP) is 4.06. The maximum Gasteiger partial charge on any atom is 0.0595 e. The van der Waals surface area contributed by atoms with Crippen LogP contribution >= 0.6 is 23.2 Å². The highest BCUT2D eigenvalue weighted by atomic mass is 35.5. The lowest BCUT2D eigenvalue weighted by Gasteiger charge is -2.19. The number of halogens is 2. The van der Waals surface area contributed by atoms with Gasteiger partial charge in [0, 0.05) is 18.5 Å². The first-order chi connectivity index (χ1) is 7.54. The maximum absolute atomic E-state index is 5.96. The average molecular weight is 256 g/mol. The van der Waals surface area contributed by atoms with Crippen molar-refractivity contribution in [2.75, 3.05) is 0 Å². The van der Waals surface area contributed by atoms with Crippen LogP contribution in [0.15, 0.2) is 18.2 Å². The van der Waals surface area contributed by atoms with Gasteiger partial charge < -0.3 is 5.32 Å². The largest absolute Gasteiger partial charge is 0.307 e. The van der Waals surface area contributed by atoms with Crippen LogP contribution < -0.4 is 5.32 Å². The van der Waals surface area contributed by atoms with E-state index in [1.54, 1.807) is 0 Å². The Morgan fingerprint density at radius 1 is 1.31 bits per heavy atom. The van der Waals surface area contributed by atoms with E-state index in [2.05, 4.69) is 25.1 Å². The van der Waals surface area contributed by atoms with Crippen molar-refractivity contribution in [1.82, 2.24) is 5.32 Å². The van der Waals surface area contributed by atoms with Crippen molar-refractivity contribution in [3.63, 3.8) is 0 Å². The van der Waals surface area contributed by atoms with Gasteiger partial charge in [0.05, 0.1) is 10.0 Å². The first-order valence-corrected chi connectivity index (χ1v) is 5.94. The van der Waals surface area contributed by atoms with Crippen molar-refractivity contribution in [2.45, 2.75) is 32.4 Å². The van der Waals surface area contributed by atoms with Crippen molar-refractivity contribution in [1.29, 1.82) is 0 Å². The number of rotatable bonds is 4. The molecule has 16 heavy (non-hydrogen) atoms. The fourth-order valence-electron chi connectivity index (χ4n) is 1.54. The van der Waals surface area contributed by atoms with Gasteiger partial charge in [-0.2, -0.15) is 0 Å². The van der Waals surface area contributed by atoms with Gasteiger partial charge in [0.1, 0.15) is 0 Å². The molecule has 0 aromatic heterocycles. The Labute approximate surface area is 107 Å². The van der Waals surface area contributed by atoms with Crippen molar-refractivity contribution in [3.05, 3.63) is 33.8 Å². The molecule has 1 nitrogen and oxygen atoms in total. The molecule has 0 saturated carbocycles. The van der Waals surface area contributed by atoms with Gasteiger partial charge in [-0.3, -0.25) is 0 Å². The van der Waals surface area contributed by atoms with Crippen LogP contribution in [0, 0.1) is 12.3 Å². The summed E-state index contributed by atoms with van der Waals surface area (Å²) < 4.78 is 0. The van der Waals surface area contributed by atoms with E-state index in [4.69, 9.17) is 29.6 Å². The molecule has 0 radical (unpaired) electrons. The second-order valence-corrected chi connectivity index (χ2v) is 4.69. The molecule has 2 atom stereocenters. The second kappa shape index (κ2) is 6.15. The van der Waals surface area contributed by atoms with E-state index in [9.17, 15) is 0 Å². The van der Waals surface area contributed by atoms with Gasteiger partial charge in [0.2, 0.25) is 0 Å². The lowest BCUT2D eigenvalue weighted by molar-refractivity contribution is 0.486. The summed E-state index contributed by atoms with van der Waals surface area (Å²) >= 11 is 11.8. The van der Waals surface area contributed by atoms with Gasteiger partial charge in [0.25, 0.3) is 0 Å². The molecule has 0 spiro atoms. The summed E-state index contributed by atoms with van der Waals surface area (Å²) in [5.41, 5.74) is 1.11. The highest BCUT2D eigenvalue weighted by molar-refractivity contribution is 6.42. The Kier molecular flexibility index (Phi) is 5.15. The zero-order chi connectivity index (χ0) is 12.1. The second-order valence-electron chi connectivity index (χ2n) is 3.87. The third-order valence-electron chi connectivity index (χ3n) is 2.40. The summed E-state index contributed by atoms with van der Waals surface area (Å²) in [6.45, 7) is 4.14. The van der Waals surface area contributed by atoms with Crippen LogP contribution in [0.2, 0.25) is 10.0 Å². The van der Waals surface area contributed by atoms with Crippen LogP contribution in [0.4, 0.5) is 0 Å². The van der Waals surface area contributed by atoms with Crippen molar-refractivity contribution in [2.24, 2.45) is 0 Å². The molecule has 1 aromatic carbocycles. The number of nitrogens with one attached hydrogen (secondary N) is 1. The van der Waals surface area contributed by atoms with E-state index < -0.39 is 0 Å². The monoisotopic (exact) mass is 255 g/mol. The molecule has 1 rings (SSSR count). The summed E-state index contributed by atoms with van der Waals surface area (Å²) in [5, 5.41) is 4.56. The average Bonchev–Trinajstić information content (AvgIpc) is 2.22. The minimum absolute atomic E-state index is 0.207. The third kappa shape index (κ3) is 3.72. The van der Waals surface area contributed by atoms with E-state index in [0.717, 1.165) is 5.56 Å². The molecule has 3 heteroatoms. The van der Waals surface area contributed by atoms with Crippen molar-refractivity contribution >= 4 is 23.2 Å². The van der Waals surface area contributed by atoms with E-state index in [0.29, 0.717) is 16.5 Å². The van der Waals surface area contributed by atoms with E-state index in [1.807, 2.05) is 18.2 Å². The molecule has 0 fully saturated rings. The van der Waals surface area contributed by atoms with Gasteiger partial charge in [-0.05, 0) is 31.5 Å². The van der Waals surface area contributed by atoms with Crippen LogP contribution in [-0.4, -0.2) is 6.04 Å². The third-order valence-corrected chi connectivity index (χ3v) is 3.14. The van der Waals surface area contributed by atoms with Crippen LogP contribution in [0.25, 0.3) is 0 Å². The first kappa shape index (κ1) is 13.4. The van der Waals surface area contributed by atoms with E-state index in [1.165, 1.54) is 0 Å². The summed E-state index contributed by atoms with van der Waals surface area (Å²) in [6, 6.07) is 6.15.